The maximum Gasteiger partial charge on any atom is 0.323 e. The van der Waals surface area contributed by atoms with E-state index < -0.39 is 39.3 Å². The van der Waals surface area contributed by atoms with Gasteiger partial charge in [-0.15, -0.1) is 0 Å². The van der Waals surface area contributed by atoms with Gasteiger partial charge in [-0.05, 0) is 9.12 Å². The Morgan fingerprint density at radius 1 is 0.467 bits per heavy atom. The molecule has 0 aliphatic carbocycles. The van der Waals surface area contributed by atoms with Gasteiger partial charge in [-0.25, -0.2) is 0 Å². The quantitative estimate of drug-likeness (QED) is 0.186. The van der Waals surface area contributed by atoms with Crippen molar-refractivity contribution >= 4 is 30.1 Å². The van der Waals surface area contributed by atoms with Crippen molar-refractivity contribution in [1.82, 2.24) is 0 Å². The lowest BCUT2D eigenvalue weighted by Gasteiger charge is -2.29. The highest BCUT2D eigenvalue weighted by Gasteiger charge is 2.56. The summed E-state index contributed by atoms with van der Waals surface area (Å²) in [5.74, 6) is 0. The molecule has 0 aliphatic heterocycles. The SMILES string of the molecule is CCCCCCCCCCCCCCCC[N+](S(C)(=O)=O)(S(C)(=O)=O)S(C)(=O)=O.[Br-]. The number of sulfonamides is 3. The molecule has 0 heterocycles. The Kier molecular flexibility index (Phi) is 16.4. The third kappa shape index (κ3) is 10.7. The van der Waals surface area contributed by atoms with Crippen LogP contribution in [0.1, 0.15) is 96.8 Å². The molecule has 0 fully saturated rings. The minimum atomic E-state index is -4.40. The molecule has 30 heavy (non-hydrogen) atoms. The van der Waals surface area contributed by atoms with Crippen LogP contribution in [0.3, 0.4) is 0 Å². The van der Waals surface area contributed by atoms with Crippen LogP contribution in [0.15, 0.2) is 0 Å². The van der Waals surface area contributed by atoms with Crippen molar-refractivity contribution in [2.75, 3.05) is 25.3 Å². The molecule has 0 saturated heterocycles. The van der Waals surface area contributed by atoms with Crippen molar-refractivity contribution in [1.29, 1.82) is 0 Å². The van der Waals surface area contributed by atoms with Gasteiger partial charge in [-0.3, -0.25) is 0 Å². The monoisotopic (exact) mass is 555 g/mol. The molecule has 0 N–H and O–H groups in total. The Morgan fingerprint density at radius 3 is 0.933 bits per heavy atom. The maximum absolute atomic E-state index is 12.1. The average Bonchev–Trinajstić information content (AvgIpc) is 2.54. The zero-order chi connectivity index (χ0) is 22.6. The standard InChI is InChI=1S/C19H42NO6S3.BrH/c1-5-6-7-8-9-10-11-12-13-14-15-16-17-18-19-20(27(2,21)22,28(3,23)24)29(4,25)26;/h5-19H2,1-4H3;1H/q+1;/p-1. The summed E-state index contributed by atoms with van der Waals surface area (Å²) >= 11 is 0. The molecule has 0 aromatic carbocycles. The van der Waals surface area contributed by atoms with Crippen LogP contribution in [0.4, 0.5) is 0 Å². The summed E-state index contributed by atoms with van der Waals surface area (Å²) < 4.78 is 70.9. The van der Waals surface area contributed by atoms with Gasteiger partial charge in [0.15, 0.2) is 0 Å². The Hall–Kier alpha value is 0.290. The van der Waals surface area contributed by atoms with E-state index >= 15 is 0 Å². The summed E-state index contributed by atoms with van der Waals surface area (Å²) in [6.45, 7) is 1.76. The number of halogens is 1. The van der Waals surface area contributed by atoms with Crippen LogP contribution in [0.5, 0.6) is 0 Å². The van der Waals surface area contributed by atoms with E-state index in [1.165, 1.54) is 57.8 Å². The predicted octanol–water partition coefficient (Wildman–Crippen LogP) is 1.17. The minimum absolute atomic E-state index is 0. The number of nitrogens with zero attached hydrogens (tertiary/aromatic N) is 1. The molecule has 0 aromatic heterocycles. The molecule has 184 valence electrons. The molecule has 0 aliphatic rings. The lowest BCUT2D eigenvalue weighted by atomic mass is 10.0. The van der Waals surface area contributed by atoms with E-state index in [-0.39, 0.29) is 23.4 Å². The van der Waals surface area contributed by atoms with Gasteiger partial charge in [0.05, 0.1) is 18.8 Å². The molecule has 0 atom stereocenters. The fourth-order valence-corrected chi connectivity index (χ4v) is 11.0. The summed E-state index contributed by atoms with van der Waals surface area (Å²) in [6, 6.07) is 0. The highest BCUT2D eigenvalue weighted by molar-refractivity contribution is 8.09. The molecular weight excluding hydrogens is 514 g/mol. The third-order valence-electron chi connectivity index (χ3n) is 5.30. The molecule has 11 heteroatoms. The second-order valence-electron chi connectivity index (χ2n) is 8.13. The summed E-state index contributed by atoms with van der Waals surface area (Å²) in [5.41, 5.74) is 0. The number of unbranched alkanes of at least 4 members (excludes halogenated alkanes) is 13. The molecule has 0 rings (SSSR count). The second kappa shape index (κ2) is 15.2. The van der Waals surface area contributed by atoms with Crippen LogP contribution in [0.25, 0.3) is 0 Å². The van der Waals surface area contributed by atoms with E-state index in [1.54, 1.807) is 0 Å². The molecule has 0 radical (unpaired) electrons. The van der Waals surface area contributed by atoms with Crippen LogP contribution in [-0.4, -0.2) is 53.3 Å². The zero-order valence-corrected chi connectivity index (χ0v) is 23.1. The largest absolute Gasteiger partial charge is 1.00 e. The van der Waals surface area contributed by atoms with Crippen molar-refractivity contribution in [3.05, 3.63) is 0 Å². The van der Waals surface area contributed by atoms with Gasteiger partial charge in [0, 0.05) is 6.42 Å². The first-order chi connectivity index (χ1) is 13.3. The first kappa shape index (κ1) is 32.5. The summed E-state index contributed by atoms with van der Waals surface area (Å²) in [4.78, 5) is 0. The predicted molar refractivity (Wildman–Crippen MR) is 120 cm³/mol. The smallest absolute Gasteiger partial charge is 0.323 e. The van der Waals surface area contributed by atoms with Crippen molar-refractivity contribution in [3.63, 3.8) is 0 Å². The van der Waals surface area contributed by atoms with E-state index in [9.17, 15) is 25.3 Å². The number of rotatable bonds is 18. The van der Waals surface area contributed by atoms with Crippen LogP contribution in [-0.2, 0) is 30.1 Å². The lowest BCUT2D eigenvalue weighted by molar-refractivity contribution is -0.523. The summed E-state index contributed by atoms with van der Waals surface area (Å²) in [5, 5.41) is 0. The van der Waals surface area contributed by atoms with E-state index in [0.717, 1.165) is 19.3 Å². The first-order valence-corrected chi connectivity index (χ1v) is 16.3. The Labute approximate surface area is 196 Å². The third-order valence-corrected chi connectivity index (χ3v) is 13.8. The summed E-state index contributed by atoms with van der Waals surface area (Å²) in [6.07, 6.45) is 17.3. The first-order valence-electron chi connectivity index (χ1n) is 10.8. The minimum Gasteiger partial charge on any atom is -1.00 e. The second-order valence-corrected chi connectivity index (χ2v) is 15.1. The molecule has 0 unspecified atom stereocenters. The van der Waals surface area contributed by atoms with E-state index in [4.69, 9.17) is 0 Å². The maximum atomic E-state index is 12.1. The van der Waals surface area contributed by atoms with Crippen LogP contribution < -0.4 is 17.0 Å². The van der Waals surface area contributed by atoms with Crippen molar-refractivity contribution in [2.45, 2.75) is 96.8 Å². The normalized spacial score (nSPS) is 13.2. The van der Waals surface area contributed by atoms with Crippen molar-refractivity contribution in [2.24, 2.45) is 0 Å². The fraction of sp³-hybridized carbons (Fsp3) is 1.00. The van der Waals surface area contributed by atoms with Crippen LogP contribution in [0, 0.1) is 0 Å². The van der Waals surface area contributed by atoms with E-state index in [1.807, 2.05) is 0 Å². The molecule has 0 saturated carbocycles. The van der Waals surface area contributed by atoms with Gasteiger partial charge in [0.25, 0.3) is 0 Å². The fourth-order valence-electron chi connectivity index (χ4n) is 3.74. The topological polar surface area (TPSA) is 102 Å². The highest BCUT2D eigenvalue weighted by atomic mass is 79.9. The molecule has 0 amide bonds. The Morgan fingerprint density at radius 2 is 0.700 bits per heavy atom. The van der Waals surface area contributed by atoms with E-state index in [2.05, 4.69) is 6.92 Å². The Bertz CT molecular complexity index is 685. The van der Waals surface area contributed by atoms with Gasteiger partial charge in [0.2, 0.25) is 0 Å². The average molecular weight is 557 g/mol. The number of hydrogen-bond acceptors (Lipinski definition) is 6. The van der Waals surface area contributed by atoms with Gasteiger partial charge in [-0.1, -0.05) is 84.0 Å². The lowest BCUT2D eigenvalue weighted by Crippen LogP contribution is -3.00. The van der Waals surface area contributed by atoms with Crippen molar-refractivity contribution in [3.8, 4) is 0 Å². The zero-order valence-electron chi connectivity index (χ0n) is 19.1. The molecule has 7 nitrogen and oxygen atoms in total. The number of quaternary nitrogens is 1. The summed E-state index contributed by atoms with van der Waals surface area (Å²) in [7, 11) is -13.2. The van der Waals surface area contributed by atoms with Gasteiger partial charge < -0.3 is 17.0 Å². The van der Waals surface area contributed by atoms with E-state index in [0.29, 0.717) is 25.2 Å². The highest BCUT2D eigenvalue weighted by Crippen LogP contribution is 2.27. The van der Waals surface area contributed by atoms with Gasteiger partial charge in [-0.2, -0.15) is 25.3 Å². The number of hydrogen-bond donors (Lipinski definition) is 0. The van der Waals surface area contributed by atoms with Crippen molar-refractivity contribution < 1.29 is 44.9 Å². The molecule has 0 spiro atoms. The van der Waals surface area contributed by atoms with Crippen LogP contribution >= 0.6 is 0 Å². The molecule has 0 bridgehead atoms. The Balaban J connectivity index is 0. The molecule has 0 aromatic rings. The van der Waals surface area contributed by atoms with Gasteiger partial charge in [0.1, 0.15) is 6.54 Å². The molecular formula is C19H42BrNO6S3. The van der Waals surface area contributed by atoms with Crippen LogP contribution in [0.2, 0.25) is 0 Å². The van der Waals surface area contributed by atoms with Gasteiger partial charge >= 0.3 is 30.1 Å².